The molecule has 0 aliphatic carbocycles. The van der Waals surface area contributed by atoms with Crippen LogP contribution in [0, 0.1) is 0 Å². The first-order chi connectivity index (χ1) is 9.05. The smallest absolute Gasteiger partial charge is 0.252 e. The van der Waals surface area contributed by atoms with Crippen LogP contribution >= 0.6 is 0 Å². The van der Waals surface area contributed by atoms with Crippen LogP contribution in [0.25, 0.3) is 0 Å². The number of amides is 1. The average molecular weight is 259 g/mol. The first-order valence-electron chi connectivity index (χ1n) is 6.77. The van der Waals surface area contributed by atoms with E-state index in [2.05, 4.69) is 15.6 Å². The van der Waals surface area contributed by atoms with E-state index in [9.17, 15) is 4.79 Å². The fourth-order valence-corrected chi connectivity index (χ4v) is 2.31. The second kappa shape index (κ2) is 5.43. The van der Waals surface area contributed by atoms with Crippen LogP contribution in [0.4, 0.5) is 0 Å². The molecule has 19 heavy (non-hydrogen) atoms. The Kier molecular flexibility index (Phi) is 3.88. The van der Waals surface area contributed by atoms with E-state index >= 15 is 0 Å². The standard InChI is InChI=1S/C15H21N3O/c1-4-15(10-12-8-6-5-7-9-12)13(19)17-14(18-15)16-11(2)3/h5-9,11H,4,10H2,1-3H3,(H2,16,17,18,19). The zero-order valence-electron chi connectivity index (χ0n) is 11.7. The molecule has 0 spiro atoms. The molecule has 0 saturated carbocycles. The van der Waals surface area contributed by atoms with Crippen LogP contribution < -0.4 is 10.6 Å². The maximum absolute atomic E-state index is 12.3. The molecule has 1 amide bonds. The minimum atomic E-state index is -0.574. The van der Waals surface area contributed by atoms with Gasteiger partial charge in [0.15, 0.2) is 5.96 Å². The lowest BCUT2D eigenvalue weighted by molar-refractivity contribution is -0.124. The zero-order chi connectivity index (χ0) is 13.9. The minimum Gasteiger partial charge on any atom is -0.341 e. The third-order valence-corrected chi connectivity index (χ3v) is 3.36. The van der Waals surface area contributed by atoms with Gasteiger partial charge in [0.1, 0.15) is 5.54 Å². The summed E-state index contributed by atoms with van der Waals surface area (Å²) in [6.45, 7) is 6.00. The summed E-state index contributed by atoms with van der Waals surface area (Å²) < 4.78 is 0. The van der Waals surface area contributed by atoms with Crippen LogP contribution in [0.1, 0.15) is 32.8 Å². The second-order valence-corrected chi connectivity index (χ2v) is 5.25. The number of carbonyl (C=O) groups excluding carboxylic acids is 1. The Morgan fingerprint density at radius 1 is 1.26 bits per heavy atom. The van der Waals surface area contributed by atoms with Crippen LogP contribution in [0.5, 0.6) is 0 Å². The van der Waals surface area contributed by atoms with E-state index in [0.29, 0.717) is 12.4 Å². The van der Waals surface area contributed by atoms with Crippen molar-refractivity contribution in [3.05, 3.63) is 35.9 Å². The van der Waals surface area contributed by atoms with E-state index in [4.69, 9.17) is 0 Å². The quantitative estimate of drug-likeness (QED) is 0.867. The molecule has 1 saturated heterocycles. The number of rotatable bonds is 4. The summed E-state index contributed by atoms with van der Waals surface area (Å²) in [7, 11) is 0. The summed E-state index contributed by atoms with van der Waals surface area (Å²) in [4.78, 5) is 16.7. The molecule has 4 heteroatoms. The van der Waals surface area contributed by atoms with Crippen molar-refractivity contribution in [2.75, 3.05) is 0 Å². The predicted octanol–water partition coefficient (Wildman–Crippen LogP) is 1.86. The molecule has 1 aliphatic heterocycles. The van der Waals surface area contributed by atoms with Crippen LogP contribution in [0.3, 0.4) is 0 Å². The Morgan fingerprint density at radius 2 is 1.95 bits per heavy atom. The minimum absolute atomic E-state index is 0.0123. The topological polar surface area (TPSA) is 53.5 Å². The van der Waals surface area contributed by atoms with Crippen molar-refractivity contribution in [1.29, 1.82) is 0 Å². The highest BCUT2D eigenvalue weighted by atomic mass is 16.2. The van der Waals surface area contributed by atoms with Crippen molar-refractivity contribution in [1.82, 2.24) is 10.6 Å². The largest absolute Gasteiger partial charge is 0.341 e. The SMILES string of the molecule is CCC1(Cc2ccccc2)NC(=NC(C)C)NC1=O. The summed E-state index contributed by atoms with van der Waals surface area (Å²) in [6, 6.07) is 10.2. The molecule has 0 aromatic heterocycles. The Hall–Kier alpha value is -1.84. The molecule has 1 atom stereocenters. The Balaban J connectivity index is 2.22. The third-order valence-electron chi connectivity index (χ3n) is 3.36. The normalized spacial score (nSPS) is 24.6. The Labute approximate surface area is 114 Å². The fourth-order valence-electron chi connectivity index (χ4n) is 2.31. The first kappa shape index (κ1) is 13.6. The fraction of sp³-hybridized carbons (Fsp3) is 0.467. The molecule has 2 N–H and O–H groups in total. The number of nitrogens with one attached hydrogen (secondary N) is 2. The lowest BCUT2D eigenvalue weighted by atomic mass is 9.88. The Morgan fingerprint density at radius 3 is 2.53 bits per heavy atom. The van der Waals surface area contributed by atoms with Gasteiger partial charge in [-0.3, -0.25) is 15.1 Å². The maximum Gasteiger partial charge on any atom is 0.252 e. The molecular weight excluding hydrogens is 238 g/mol. The van der Waals surface area contributed by atoms with Gasteiger partial charge in [-0.05, 0) is 25.8 Å². The lowest BCUT2D eigenvalue weighted by Gasteiger charge is -2.25. The highest BCUT2D eigenvalue weighted by molar-refractivity contribution is 6.09. The number of hydrogen-bond acceptors (Lipinski definition) is 2. The van der Waals surface area contributed by atoms with E-state index in [1.54, 1.807) is 0 Å². The summed E-state index contributed by atoms with van der Waals surface area (Å²) in [5.74, 6) is 0.607. The average Bonchev–Trinajstić information content (AvgIpc) is 2.66. The van der Waals surface area contributed by atoms with Gasteiger partial charge < -0.3 is 5.32 Å². The number of hydrogen-bond donors (Lipinski definition) is 2. The summed E-state index contributed by atoms with van der Waals surface area (Å²) in [6.07, 6.45) is 1.40. The molecule has 0 bridgehead atoms. The monoisotopic (exact) mass is 259 g/mol. The van der Waals surface area contributed by atoms with Gasteiger partial charge in [-0.2, -0.15) is 0 Å². The lowest BCUT2D eigenvalue weighted by Crippen LogP contribution is -2.48. The predicted molar refractivity (Wildman–Crippen MR) is 77.0 cm³/mol. The number of aliphatic imine (C=N–C) groups is 1. The molecule has 4 nitrogen and oxygen atoms in total. The van der Waals surface area contributed by atoms with Crippen LogP contribution in [-0.2, 0) is 11.2 Å². The van der Waals surface area contributed by atoms with E-state index in [-0.39, 0.29) is 11.9 Å². The molecule has 1 aromatic carbocycles. The molecule has 1 heterocycles. The highest BCUT2D eigenvalue weighted by Gasteiger charge is 2.43. The van der Waals surface area contributed by atoms with Crippen molar-refractivity contribution in [2.45, 2.75) is 45.2 Å². The van der Waals surface area contributed by atoms with Crippen molar-refractivity contribution < 1.29 is 4.79 Å². The summed E-state index contributed by atoms with van der Waals surface area (Å²) in [5, 5.41) is 6.12. The molecule has 1 fully saturated rings. The molecule has 0 radical (unpaired) electrons. The van der Waals surface area contributed by atoms with Crippen LogP contribution in [0.15, 0.2) is 35.3 Å². The molecular formula is C15H21N3O. The van der Waals surface area contributed by atoms with Gasteiger partial charge in [-0.15, -0.1) is 0 Å². The molecule has 1 unspecified atom stereocenters. The van der Waals surface area contributed by atoms with Gasteiger partial charge in [0.25, 0.3) is 5.91 Å². The van der Waals surface area contributed by atoms with Crippen molar-refractivity contribution in [3.63, 3.8) is 0 Å². The van der Waals surface area contributed by atoms with Crippen molar-refractivity contribution in [2.24, 2.45) is 4.99 Å². The van der Waals surface area contributed by atoms with Gasteiger partial charge in [0, 0.05) is 12.5 Å². The number of nitrogens with zero attached hydrogens (tertiary/aromatic N) is 1. The van der Waals surface area contributed by atoms with Crippen molar-refractivity contribution >= 4 is 11.9 Å². The first-order valence-corrected chi connectivity index (χ1v) is 6.77. The van der Waals surface area contributed by atoms with E-state index in [1.807, 2.05) is 51.1 Å². The third kappa shape index (κ3) is 2.95. The van der Waals surface area contributed by atoms with Gasteiger partial charge in [-0.1, -0.05) is 37.3 Å². The zero-order valence-corrected chi connectivity index (χ0v) is 11.7. The molecule has 2 rings (SSSR count). The number of benzene rings is 1. The van der Waals surface area contributed by atoms with Gasteiger partial charge in [0.05, 0.1) is 0 Å². The molecule has 102 valence electrons. The van der Waals surface area contributed by atoms with Crippen molar-refractivity contribution in [3.8, 4) is 0 Å². The Bertz CT molecular complexity index is 481. The highest BCUT2D eigenvalue weighted by Crippen LogP contribution is 2.21. The summed E-state index contributed by atoms with van der Waals surface area (Å²) in [5.41, 5.74) is 0.576. The molecule has 1 aliphatic rings. The van der Waals surface area contributed by atoms with Crippen LogP contribution in [-0.4, -0.2) is 23.4 Å². The maximum atomic E-state index is 12.3. The molecule has 1 aromatic rings. The second-order valence-electron chi connectivity index (χ2n) is 5.25. The van der Waals surface area contributed by atoms with E-state index < -0.39 is 5.54 Å². The van der Waals surface area contributed by atoms with Gasteiger partial charge >= 0.3 is 0 Å². The van der Waals surface area contributed by atoms with E-state index in [0.717, 1.165) is 12.0 Å². The number of guanidine groups is 1. The summed E-state index contributed by atoms with van der Waals surface area (Å²) >= 11 is 0. The van der Waals surface area contributed by atoms with Crippen LogP contribution in [0.2, 0.25) is 0 Å². The van der Waals surface area contributed by atoms with Gasteiger partial charge in [-0.25, -0.2) is 0 Å². The van der Waals surface area contributed by atoms with E-state index in [1.165, 1.54) is 0 Å². The number of carbonyl (C=O) groups is 1. The van der Waals surface area contributed by atoms with Gasteiger partial charge in [0.2, 0.25) is 0 Å².